The van der Waals surface area contributed by atoms with E-state index in [2.05, 4.69) is 0 Å². The molecule has 0 heterocycles. The molecular weight excluding hydrogens is 382 g/mol. The Hall–Kier alpha value is -3.92. The van der Waals surface area contributed by atoms with E-state index in [0.29, 0.717) is 22.3 Å². The number of carbonyl (C=O) groups excluding carboxylic acids is 2. The van der Waals surface area contributed by atoms with Crippen LogP contribution in [-0.2, 0) is 0 Å². The normalized spacial score (nSPS) is 10.6. The third-order valence-electron chi connectivity index (χ3n) is 4.84. The Kier molecular flexibility index (Phi) is 5.31. The SMILES string of the molecule is O=C(c1ccc(F)cc1)c1ccc(-c2ccc(C(=O)c3ccc(F)cc3)cc2)cc1. The summed E-state index contributed by atoms with van der Waals surface area (Å²) in [7, 11) is 0. The molecule has 0 bridgehead atoms. The summed E-state index contributed by atoms with van der Waals surface area (Å²) in [6, 6.07) is 25.1. The molecule has 2 nitrogen and oxygen atoms in total. The minimum Gasteiger partial charge on any atom is -0.289 e. The Balaban J connectivity index is 1.52. The quantitative estimate of drug-likeness (QED) is 0.381. The first kappa shape index (κ1) is 19.4. The summed E-state index contributed by atoms with van der Waals surface area (Å²) in [6.45, 7) is 0. The van der Waals surface area contributed by atoms with Gasteiger partial charge in [-0.2, -0.15) is 0 Å². The molecule has 0 radical (unpaired) electrons. The summed E-state index contributed by atoms with van der Waals surface area (Å²) in [4.78, 5) is 25.0. The van der Waals surface area contributed by atoms with Gasteiger partial charge in [-0.15, -0.1) is 0 Å². The molecule has 0 fully saturated rings. The average Bonchev–Trinajstić information content (AvgIpc) is 2.79. The van der Waals surface area contributed by atoms with E-state index in [1.807, 2.05) is 24.3 Å². The molecule has 4 heteroatoms. The van der Waals surface area contributed by atoms with Crippen LogP contribution in [0.3, 0.4) is 0 Å². The van der Waals surface area contributed by atoms with Crippen molar-refractivity contribution in [1.29, 1.82) is 0 Å². The molecule has 0 spiro atoms. The number of rotatable bonds is 5. The van der Waals surface area contributed by atoms with E-state index in [1.54, 1.807) is 24.3 Å². The molecule has 30 heavy (non-hydrogen) atoms. The summed E-state index contributed by atoms with van der Waals surface area (Å²) in [5.74, 6) is -1.13. The lowest BCUT2D eigenvalue weighted by Gasteiger charge is -2.06. The summed E-state index contributed by atoms with van der Waals surface area (Å²) >= 11 is 0. The van der Waals surface area contributed by atoms with E-state index in [1.165, 1.54) is 48.5 Å². The molecule has 4 aromatic rings. The van der Waals surface area contributed by atoms with Gasteiger partial charge in [-0.1, -0.05) is 48.5 Å². The highest BCUT2D eigenvalue weighted by Gasteiger charge is 2.11. The third-order valence-corrected chi connectivity index (χ3v) is 4.84. The van der Waals surface area contributed by atoms with Crippen molar-refractivity contribution in [2.45, 2.75) is 0 Å². The van der Waals surface area contributed by atoms with Crippen molar-refractivity contribution < 1.29 is 18.4 Å². The molecule has 146 valence electrons. The molecule has 0 amide bonds. The zero-order valence-corrected chi connectivity index (χ0v) is 15.8. The first-order chi connectivity index (χ1) is 14.5. The highest BCUT2D eigenvalue weighted by atomic mass is 19.1. The van der Waals surface area contributed by atoms with Gasteiger partial charge in [-0.3, -0.25) is 9.59 Å². The molecular formula is C26H16F2O2. The molecule has 4 rings (SSSR count). The molecule has 0 aromatic heterocycles. The smallest absolute Gasteiger partial charge is 0.193 e. The molecule has 0 N–H and O–H groups in total. The Bertz CT molecular complexity index is 1090. The van der Waals surface area contributed by atoms with Crippen molar-refractivity contribution in [2.75, 3.05) is 0 Å². The lowest BCUT2D eigenvalue weighted by atomic mass is 9.97. The minimum absolute atomic E-state index is 0.179. The third kappa shape index (κ3) is 4.08. The molecule has 0 aliphatic rings. The van der Waals surface area contributed by atoms with Gasteiger partial charge in [0, 0.05) is 22.3 Å². The van der Waals surface area contributed by atoms with E-state index < -0.39 is 0 Å². The van der Waals surface area contributed by atoms with Crippen LogP contribution < -0.4 is 0 Å². The molecule has 0 unspecified atom stereocenters. The van der Waals surface area contributed by atoms with Gasteiger partial charge >= 0.3 is 0 Å². The van der Waals surface area contributed by atoms with Gasteiger partial charge in [0.25, 0.3) is 0 Å². The fourth-order valence-corrected chi connectivity index (χ4v) is 3.16. The van der Waals surface area contributed by atoms with E-state index in [9.17, 15) is 18.4 Å². The second-order valence-corrected chi connectivity index (χ2v) is 6.83. The van der Waals surface area contributed by atoms with Gasteiger partial charge in [-0.05, 0) is 59.7 Å². The first-order valence-corrected chi connectivity index (χ1v) is 9.32. The van der Waals surface area contributed by atoms with Crippen LogP contribution >= 0.6 is 0 Å². The van der Waals surface area contributed by atoms with Crippen molar-refractivity contribution in [2.24, 2.45) is 0 Å². The lowest BCUT2D eigenvalue weighted by molar-refractivity contribution is 0.103. The van der Waals surface area contributed by atoms with E-state index >= 15 is 0 Å². The fraction of sp³-hybridized carbons (Fsp3) is 0. The maximum Gasteiger partial charge on any atom is 0.193 e. The molecule has 0 saturated heterocycles. The van der Waals surface area contributed by atoms with Crippen LogP contribution in [0.1, 0.15) is 31.8 Å². The minimum atomic E-state index is -0.386. The lowest BCUT2D eigenvalue weighted by Crippen LogP contribution is -2.01. The van der Waals surface area contributed by atoms with Crippen molar-refractivity contribution >= 4 is 11.6 Å². The maximum atomic E-state index is 13.0. The van der Waals surface area contributed by atoms with Crippen LogP contribution in [0.25, 0.3) is 11.1 Å². The van der Waals surface area contributed by atoms with Crippen LogP contribution in [-0.4, -0.2) is 11.6 Å². The van der Waals surface area contributed by atoms with Gasteiger partial charge in [0.1, 0.15) is 11.6 Å². The second kappa shape index (κ2) is 8.21. The maximum absolute atomic E-state index is 13.0. The highest BCUT2D eigenvalue weighted by Crippen LogP contribution is 2.22. The van der Waals surface area contributed by atoms with Crippen molar-refractivity contribution in [1.82, 2.24) is 0 Å². The van der Waals surface area contributed by atoms with Crippen molar-refractivity contribution in [3.8, 4) is 11.1 Å². The van der Waals surface area contributed by atoms with Crippen LogP contribution in [0.4, 0.5) is 8.78 Å². The van der Waals surface area contributed by atoms with E-state index in [0.717, 1.165) is 11.1 Å². The number of benzene rings is 4. The Labute approximate surface area is 172 Å². The van der Waals surface area contributed by atoms with Gasteiger partial charge in [0.15, 0.2) is 11.6 Å². The van der Waals surface area contributed by atoms with Gasteiger partial charge in [0.05, 0.1) is 0 Å². The van der Waals surface area contributed by atoms with Crippen LogP contribution in [0.5, 0.6) is 0 Å². The number of hydrogen-bond donors (Lipinski definition) is 0. The topological polar surface area (TPSA) is 34.1 Å². The number of carbonyl (C=O) groups is 2. The summed E-state index contributed by atoms with van der Waals surface area (Å²) in [6.07, 6.45) is 0. The zero-order chi connectivity index (χ0) is 21.1. The van der Waals surface area contributed by atoms with Crippen molar-refractivity contribution in [3.05, 3.63) is 131 Å². The Morgan fingerprint density at radius 1 is 0.400 bits per heavy atom. The molecule has 0 aliphatic heterocycles. The summed E-state index contributed by atoms with van der Waals surface area (Å²) in [5.41, 5.74) is 3.65. The van der Waals surface area contributed by atoms with E-state index in [4.69, 9.17) is 0 Å². The first-order valence-electron chi connectivity index (χ1n) is 9.32. The second-order valence-electron chi connectivity index (χ2n) is 6.83. The predicted molar refractivity (Wildman–Crippen MR) is 112 cm³/mol. The van der Waals surface area contributed by atoms with Crippen LogP contribution in [0.15, 0.2) is 97.1 Å². The van der Waals surface area contributed by atoms with Crippen molar-refractivity contribution in [3.63, 3.8) is 0 Å². The number of hydrogen-bond acceptors (Lipinski definition) is 2. The largest absolute Gasteiger partial charge is 0.289 e. The van der Waals surface area contributed by atoms with Crippen LogP contribution in [0, 0.1) is 11.6 Å². The highest BCUT2D eigenvalue weighted by molar-refractivity contribution is 6.10. The summed E-state index contributed by atoms with van der Waals surface area (Å²) < 4.78 is 26.1. The Morgan fingerprint density at radius 3 is 0.900 bits per heavy atom. The monoisotopic (exact) mass is 398 g/mol. The molecule has 0 saturated carbocycles. The van der Waals surface area contributed by atoms with Gasteiger partial charge in [0.2, 0.25) is 0 Å². The van der Waals surface area contributed by atoms with Crippen LogP contribution in [0.2, 0.25) is 0 Å². The molecule has 0 aliphatic carbocycles. The number of ketones is 2. The molecule has 4 aromatic carbocycles. The average molecular weight is 398 g/mol. The molecule has 0 atom stereocenters. The standard InChI is InChI=1S/C26H16F2O2/c27-23-13-9-21(10-14-23)25(29)19-5-1-17(2-6-19)18-3-7-20(8-4-18)26(30)22-11-15-24(28)16-12-22/h1-16H. The van der Waals surface area contributed by atoms with Gasteiger partial charge < -0.3 is 0 Å². The summed E-state index contributed by atoms with van der Waals surface area (Å²) in [5, 5.41) is 0. The number of halogens is 2. The zero-order valence-electron chi connectivity index (χ0n) is 15.8. The van der Waals surface area contributed by atoms with E-state index in [-0.39, 0.29) is 23.2 Å². The van der Waals surface area contributed by atoms with Gasteiger partial charge in [-0.25, -0.2) is 8.78 Å². The predicted octanol–water partition coefficient (Wildman–Crippen LogP) is 6.09. The Morgan fingerprint density at radius 2 is 0.633 bits per heavy atom. The fourth-order valence-electron chi connectivity index (χ4n) is 3.16.